The van der Waals surface area contributed by atoms with Gasteiger partial charge in [0.2, 0.25) is 5.91 Å². The van der Waals surface area contributed by atoms with E-state index in [4.69, 9.17) is 0 Å². The van der Waals surface area contributed by atoms with Gasteiger partial charge in [-0.15, -0.1) is 0 Å². The Hall–Kier alpha value is -2.04. The van der Waals surface area contributed by atoms with Crippen LogP contribution in [0, 0.1) is 11.3 Å². The van der Waals surface area contributed by atoms with Gasteiger partial charge in [-0.2, -0.15) is 0 Å². The molecule has 0 aliphatic rings. The average molecular weight is 320 g/mol. The number of carboxylic acids is 1. The van der Waals surface area contributed by atoms with Crippen molar-refractivity contribution in [2.75, 3.05) is 18.5 Å². The Morgan fingerprint density at radius 1 is 1.22 bits per heavy atom. The maximum absolute atomic E-state index is 12.5. The molecule has 0 saturated carbocycles. The number of amides is 1. The Morgan fingerprint density at radius 3 is 2.26 bits per heavy atom. The Morgan fingerprint density at radius 2 is 1.78 bits per heavy atom. The number of carbonyl (C=O) groups is 2. The van der Waals surface area contributed by atoms with Crippen molar-refractivity contribution in [2.45, 2.75) is 40.2 Å². The summed E-state index contributed by atoms with van der Waals surface area (Å²) in [6.45, 7) is 8.04. The van der Waals surface area contributed by atoms with E-state index in [1.807, 2.05) is 70.0 Å². The highest BCUT2D eigenvalue weighted by Gasteiger charge is 2.32. The predicted molar refractivity (Wildman–Crippen MR) is 92.5 cm³/mol. The van der Waals surface area contributed by atoms with Crippen LogP contribution in [0.15, 0.2) is 30.3 Å². The van der Waals surface area contributed by atoms with Crippen molar-refractivity contribution in [2.24, 2.45) is 11.3 Å². The molecule has 1 aromatic rings. The van der Waals surface area contributed by atoms with Gasteiger partial charge >= 0.3 is 5.97 Å². The van der Waals surface area contributed by atoms with Crippen LogP contribution in [-0.4, -0.2) is 36.6 Å². The molecule has 0 saturated heterocycles. The number of carboxylic acid groups (broad SMARTS) is 1. The van der Waals surface area contributed by atoms with Gasteiger partial charge in [-0.25, -0.2) is 4.79 Å². The molecule has 5 heteroatoms. The minimum absolute atomic E-state index is 0.200. The summed E-state index contributed by atoms with van der Waals surface area (Å²) in [5.74, 6) is -1.03. The third kappa shape index (κ3) is 5.93. The highest BCUT2D eigenvalue weighted by atomic mass is 16.4. The largest absolute Gasteiger partial charge is 0.480 e. The zero-order chi connectivity index (χ0) is 17.6. The zero-order valence-electron chi connectivity index (χ0n) is 14.7. The van der Waals surface area contributed by atoms with Gasteiger partial charge in [0.05, 0.1) is 5.41 Å². The third-order valence-electron chi connectivity index (χ3n) is 3.75. The summed E-state index contributed by atoms with van der Waals surface area (Å²) >= 11 is 0. The lowest BCUT2D eigenvalue weighted by Gasteiger charge is -2.31. The number of carbonyl (C=O) groups excluding carboxylic acids is 1. The van der Waals surface area contributed by atoms with E-state index in [9.17, 15) is 14.7 Å². The van der Waals surface area contributed by atoms with Crippen LogP contribution in [0.25, 0.3) is 0 Å². The van der Waals surface area contributed by atoms with E-state index in [-0.39, 0.29) is 11.8 Å². The second-order valence-corrected chi connectivity index (χ2v) is 7.07. The number of rotatable bonds is 8. The lowest BCUT2D eigenvalue weighted by molar-refractivity contribution is -0.143. The number of nitrogens with one attached hydrogen (secondary N) is 1. The number of hydrogen-bond acceptors (Lipinski definition) is 3. The van der Waals surface area contributed by atoms with Gasteiger partial charge in [-0.3, -0.25) is 4.79 Å². The number of para-hydroxylation sites is 1. The quantitative estimate of drug-likeness (QED) is 0.773. The van der Waals surface area contributed by atoms with Crippen LogP contribution in [-0.2, 0) is 9.59 Å². The van der Waals surface area contributed by atoms with Gasteiger partial charge in [0.1, 0.15) is 6.04 Å². The Bertz CT molecular complexity index is 526. The summed E-state index contributed by atoms with van der Waals surface area (Å²) in [6, 6.07) is 8.95. The fraction of sp³-hybridized carbons (Fsp3) is 0.556. The minimum Gasteiger partial charge on any atom is -0.480 e. The molecule has 5 nitrogen and oxygen atoms in total. The second-order valence-electron chi connectivity index (χ2n) is 7.07. The van der Waals surface area contributed by atoms with Crippen LogP contribution in [0.2, 0.25) is 0 Å². The molecular formula is C18H28N2O3. The van der Waals surface area contributed by atoms with E-state index in [1.54, 1.807) is 0 Å². The number of nitrogens with zero attached hydrogens (tertiary/aromatic N) is 1. The fourth-order valence-corrected chi connectivity index (χ4v) is 2.48. The molecule has 0 aliphatic heterocycles. The molecule has 1 atom stereocenters. The SMILES string of the molecule is CC(C)CC(NC(=O)C(C)(C)CN(C)c1ccccc1)C(=O)O. The number of anilines is 1. The molecule has 0 aromatic heterocycles. The molecule has 128 valence electrons. The van der Waals surface area contributed by atoms with Crippen molar-refractivity contribution in [1.29, 1.82) is 0 Å². The lowest BCUT2D eigenvalue weighted by Crippen LogP contribution is -2.50. The van der Waals surface area contributed by atoms with Crippen molar-refractivity contribution in [1.82, 2.24) is 5.32 Å². The summed E-state index contributed by atoms with van der Waals surface area (Å²) in [5, 5.41) is 12.0. The van der Waals surface area contributed by atoms with E-state index in [1.165, 1.54) is 0 Å². The van der Waals surface area contributed by atoms with Gasteiger partial charge in [0.25, 0.3) is 0 Å². The van der Waals surface area contributed by atoms with Crippen LogP contribution in [0.5, 0.6) is 0 Å². The van der Waals surface area contributed by atoms with E-state index in [0.717, 1.165) is 5.69 Å². The number of benzene rings is 1. The van der Waals surface area contributed by atoms with Gasteiger partial charge in [0.15, 0.2) is 0 Å². The normalized spacial score (nSPS) is 12.8. The molecule has 0 radical (unpaired) electrons. The first-order valence-corrected chi connectivity index (χ1v) is 7.93. The maximum atomic E-state index is 12.5. The summed E-state index contributed by atoms with van der Waals surface area (Å²) in [5.41, 5.74) is 0.320. The molecular weight excluding hydrogens is 292 g/mol. The summed E-state index contributed by atoms with van der Waals surface area (Å²) in [4.78, 5) is 25.8. The summed E-state index contributed by atoms with van der Waals surface area (Å²) in [7, 11) is 1.92. The summed E-state index contributed by atoms with van der Waals surface area (Å²) in [6.07, 6.45) is 0.422. The first-order valence-electron chi connectivity index (χ1n) is 7.93. The van der Waals surface area contributed by atoms with E-state index < -0.39 is 17.4 Å². The Kier molecular flexibility index (Phi) is 6.61. The molecule has 0 aliphatic carbocycles. The predicted octanol–water partition coefficient (Wildman–Crippen LogP) is 2.76. The van der Waals surface area contributed by atoms with Crippen LogP contribution >= 0.6 is 0 Å². The third-order valence-corrected chi connectivity index (χ3v) is 3.75. The highest BCUT2D eigenvalue weighted by Crippen LogP contribution is 2.21. The topological polar surface area (TPSA) is 69.6 Å². The van der Waals surface area contributed by atoms with Crippen molar-refractivity contribution in [3.63, 3.8) is 0 Å². The van der Waals surface area contributed by atoms with Gasteiger partial charge in [0, 0.05) is 19.3 Å². The fourth-order valence-electron chi connectivity index (χ4n) is 2.48. The molecule has 0 spiro atoms. The molecule has 2 N–H and O–H groups in total. The van der Waals surface area contributed by atoms with Crippen LogP contribution in [0.1, 0.15) is 34.1 Å². The first kappa shape index (κ1) is 19.0. The lowest BCUT2D eigenvalue weighted by atomic mass is 9.90. The molecule has 1 aromatic carbocycles. The molecule has 1 rings (SSSR count). The molecule has 0 bridgehead atoms. The smallest absolute Gasteiger partial charge is 0.326 e. The molecule has 1 amide bonds. The van der Waals surface area contributed by atoms with Crippen molar-refractivity contribution in [3.8, 4) is 0 Å². The first-order chi connectivity index (χ1) is 10.6. The molecule has 0 fully saturated rings. The maximum Gasteiger partial charge on any atom is 0.326 e. The van der Waals surface area contributed by atoms with Crippen molar-refractivity contribution in [3.05, 3.63) is 30.3 Å². The summed E-state index contributed by atoms with van der Waals surface area (Å²) < 4.78 is 0. The van der Waals surface area contributed by atoms with E-state index in [2.05, 4.69) is 5.32 Å². The van der Waals surface area contributed by atoms with E-state index in [0.29, 0.717) is 13.0 Å². The van der Waals surface area contributed by atoms with Crippen molar-refractivity contribution < 1.29 is 14.7 Å². The molecule has 1 unspecified atom stereocenters. The van der Waals surface area contributed by atoms with Gasteiger partial charge < -0.3 is 15.3 Å². The monoisotopic (exact) mass is 320 g/mol. The Labute approximate surface area is 138 Å². The molecule has 0 heterocycles. The van der Waals surface area contributed by atoms with Gasteiger partial charge in [-0.05, 0) is 38.3 Å². The van der Waals surface area contributed by atoms with E-state index >= 15 is 0 Å². The standard InChI is InChI=1S/C18H28N2O3/c1-13(2)11-15(16(21)22)19-17(23)18(3,4)12-20(5)14-9-7-6-8-10-14/h6-10,13,15H,11-12H2,1-5H3,(H,19,23)(H,21,22). The van der Waals surface area contributed by atoms with Crippen molar-refractivity contribution >= 4 is 17.6 Å². The molecule has 23 heavy (non-hydrogen) atoms. The van der Waals surface area contributed by atoms with Crippen LogP contribution < -0.4 is 10.2 Å². The van der Waals surface area contributed by atoms with Crippen LogP contribution in [0.4, 0.5) is 5.69 Å². The minimum atomic E-state index is -0.987. The highest BCUT2D eigenvalue weighted by molar-refractivity contribution is 5.87. The Balaban J connectivity index is 2.74. The van der Waals surface area contributed by atoms with Crippen LogP contribution in [0.3, 0.4) is 0 Å². The zero-order valence-corrected chi connectivity index (χ0v) is 14.7. The van der Waals surface area contributed by atoms with Gasteiger partial charge in [-0.1, -0.05) is 32.0 Å². The second kappa shape index (κ2) is 7.99. The average Bonchev–Trinajstić information content (AvgIpc) is 2.46. The number of hydrogen-bond donors (Lipinski definition) is 2. The number of aliphatic carboxylic acids is 1.